The zero-order valence-corrected chi connectivity index (χ0v) is 11.7. The molecule has 0 aliphatic heterocycles. The minimum Gasteiger partial charge on any atom is -0.309 e. The molecule has 0 aromatic heterocycles. The van der Waals surface area contributed by atoms with E-state index in [1.165, 1.54) is 36.1 Å². The Balaban J connectivity index is 1.81. The van der Waals surface area contributed by atoms with Crippen LogP contribution in [0.3, 0.4) is 0 Å². The van der Waals surface area contributed by atoms with E-state index in [1.807, 2.05) is 11.8 Å². The average molecular weight is 249 g/mol. The van der Waals surface area contributed by atoms with E-state index < -0.39 is 0 Å². The molecule has 17 heavy (non-hydrogen) atoms. The second-order valence-corrected chi connectivity index (χ2v) is 5.87. The smallest absolute Gasteiger partial charge is 0.0208 e. The summed E-state index contributed by atoms with van der Waals surface area (Å²) in [4.78, 5) is 0. The summed E-state index contributed by atoms with van der Waals surface area (Å²) in [5.74, 6) is 2.08. The Morgan fingerprint density at radius 3 is 2.53 bits per heavy atom. The van der Waals surface area contributed by atoms with Crippen molar-refractivity contribution in [3.05, 3.63) is 35.4 Å². The van der Waals surface area contributed by atoms with Crippen molar-refractivity contribution in [2.24, 2.45) is 0 Å². The Hall–Kier alpha value is -0.470. The van der Waals surface area contributed by atoms with Crippen molar-refractivity contribution in [1.82, 2.24) is 5.32 Å². The molecule has 94 valence electrons. The normalized spacial score (nSPS) is 17.1. The number of hydrogen-bond donors (Lipinski definition) is 1. The lowest BCUT2D eigenvalue weighted by atomic mass is 10.1. The van der Waals surface area contributed by atoms with E-state index in [-0.39, 0.29) is 0 Å². The summed E-state index contributed by atoms with van der Waals surface area (Å²) in [7, 11) is 0. The first-order valence-corrected chi connectivity index (χ1v) is 8.04. The molecule has 1 aromatic carbocycles. The van der Waals surface area contributed by atoms with Crippen molar-refractivity contribution in [2.75, 3.05) is 12.0 Å². The molecule has 0 amide bonds. The van der Waals surface area contributed by atoms with E-state index in [4.69, 9.17) is 0 Å². The van der Waals surface area contributed by atoms with Gasteiger partial charge in [-0.2, -0.15) is 11.8 Å². The van der Waals surface area contributed by atoms with Crippen molar-refractivity contribution in [3.8, 4) is 0 Å². The summed E-state index contributed by atoms with van der Waals surface area (Å²) < 4.78 is 0. The number of hydrogen-bond acceptors (Lipinski definition) is 2. The van der Waals surface area contributed by atoms with E-state index >= 15 is 0 Å². The highest BCUT2D eigenvalue weighted by Gasteiger charge is 2.22. The first-order valence-electron chi connectivity index (χ1n) is 6.64. The Morgan fingerprint density at radius 1 is 1.29 bits per heavy atom. The van der Waals surface area contributed by atoms with Gasteiger partial charge in [0.1, 0.15) is 0 Å². The zero-order valence-electron chi connectivity index (χ0n) is 10.9. The van der Waals surface area contributed by atoms with Crippen LogP contribution in [0.2, 0.25) is 0 Å². The van der Waals surface area contributed by atoms with Gasteiger partial charge in [0.15, 0.2) is 0 Å². The van der Waals surface area contributed by atoms with Crippen LogP contribution in [0.1, 0.15) is 43.2 Å². The van der Waals surface area contributed by atoms with Crippen LogP contribution in [0.4, 0.5) is 0 Å². The second kappa shape index (κ2) is 6.46. The highest BCUT2D eigenvalue weighted by Crippen LogP contribution is 2.39. The lowest BCUT2D eigenvalue weighted by Crippen LogP contribution is -2.30. The third-order valence-electron chi connectivity index (χ3n) is 3.48. The maximum atomic E-state index is 3.63. The van der Waals surface area contributed by atoms with Crippen molar-refractivity contribution in [1.29, 1.82) is 0 Å². The molecule has 1 nitrogen and oxygen atoms in total. The van der Waals surface area contributed by atoms with Gasteiger partial charge in [-0.05, 0) is 42.6 Å². The Morgan fingerprint density at radius 2 is 2.00 bits per heavy atom. The molecule has 1 aliphatic carbocycles. The summed E-state index contributed by atoms with van der Waals surface area (Å²) in [6, 6.07) is 9.83. The molecule has 0 bridgehead atoms. The number of benzene rings is 1. The van der Waals surface area contributed by atoms with Gasteiger partial charge >= 0.3 is 0 Å². The first kappa shape index (κ1) is 13.0. The topological polar surface area (TPSA) is 12.0 Å². The largest absolute Gasteiger partial charge is 0.309 e. The first-order chi connectivity index (χ1) is 8.33. The van der Waals surface area contributed by atoms with Crippen LogP contribution in [0.15, 0.2) is 24.3 Å². The third kappa shape index (κ3) is 4.04. The molecule has 0 saturated heterocycles. The summed E-state index contributed by atoms with van der Waals surface area (Å²) in [5, 5.41) is 3.63. The summed E-state index contributed by atoms with van der Waals surface area (Å²) in [6.45, 7) is 3.26. The molecule has 1 aliphatic rings. The molecule has 2 rings (SSSR count). The molecular weight excluding hydrogens is 226 g/mol. The van der Waals surface area contributed by atoms with Crippen molar-refractivity contribution < 1.29 is 0 Å². The third-order valence-corrected chi connectivity index (χ3v) is 4.22. The fraction of sp³-hybridized carbons (Fsp3) is 0.600. The molecule has 0 heterocycles. The van der Waals surface area contributed by atoms with Gasteiger partial charge in [-0.1, -0.05) is 31.2 Å². The molecule has 1 fully saturated rings. The van der Waals surface area contributed by atoms with Crippen molar-refractivity contribution in [2.45, 2.75) is 44.7 Å². The standard InChI is InChI=1S/C15H23NS/c1-3-15(11-17-2)16-10-12-4-6-13(7-5-12)14-8-9-14/h4-7,14-16H,3,8-11H2,1-2H3. The number of rotatable bonds is 7. The Labute approximate surface area is 109 Å². The Bertz CT molecular complexity index is 329. The van der Waals surface area contributed by atoms with Crippen LogP contribution in [-0.4, -0.2) is 18.1 Å². The predicted octanol–water partition coefficient (Wildman–Crippen LogP) is 3.80. The van der Waals surface area contributed by atoms with Gasteiger partial charge < -0.3 is 5.32 Å². The fourth-order valence-electron chi connectivity index (χ4n) is 2.11. The van der Waals surface area contributed by atoms with Crippen LogP contribution in [0.25, 0.3) is 0 Å². The monoisotopic (exact) mass is 249 g/mol. The van der Waals surface area contributed by atoms with Gasteiger partial charge in [0.05, 0.1) is 0 Å². The molecule has 0 radical (unpaired) electrons. The van der Waals surface area contributed by atoms with Crippen molar-refractivity contribution >= 4 is 11.8 Å². The van der Waals surface area contributed by atoms with Gasteiger partial charge in [-0.15, -0.1) is 0 Å². The number of thioether (sulfide) groups is 1. The fourth-order valence-corrected chi connectivity index (χ4v) is 2.86. The van der Waals surface area contributed by atoms with Gasteiger partial charge in [-0.3, -0.25) is 0 Å². The molecule has 0 spiro atoms. The van der Waals surface area contributed by atoms with E-state index in [9.17, 15) is 0 Å². The van der Waals surface area contributed by atoms with Gasteiger partial charge in [-0.25, -0.2) is 0 Å². The summed E-state index contributed by atoms with van der Waals surface area (Å²) in [6.07, 6.45) is 6.17. The number of nitrogens with one attached hydrogen (secondary N) is 1. The lowest BCUT2D eigenvalue weighted by molar-refractivity contribution is 0.541. The molecule has 1 atom stereocenters. The maximum absolute atomic E-state index is 3.63. The SMILES string of the molecule is CCC(CSC)NCc1ccc(C2CC2)cc1. The molecule has 1 unspecified atom stereocenters. The minimum atomic E-state index is 0.646. The van der Waals surface area contributed by atoms with Crippen molar-refractivity contribution in [3.63, 3.8) is 0 Å². The maximum Gasteiger partial charge on any atom is 0.0208 e. The van der Waals surface area contributed by atoms with Gasteiger partial charge in [0.2, 0.25) is 0 Å². The van der Waals surface area contributed by atoms with E-state index in [0.29, 0.717) is 6.04 Å². The van der Waals surface area contributed by atoms with Crippen LogP contribution in [0.5, 0.6) is 0 Å². The van der Waals surface area contributed by atoms with E-state index in [0.717, 1.165) is 12.5 Å². The summed E-state index contributed by atoms with van der Waals surface area (Å²) in [5.41, 5.74) is 2.94. The molecule has 2 heteroatoms. The van der Waals surface area contributed by atoms with Crippen LogP contribution in [-0.2, 0) is 6.54 Å². The van der Waals surface area contributed by atoms with E-state index in [1.54, 1.807) is 0 Å². The molecule has 1 saturated carbocycles. The minimum absolute atomic E-state index is 0.646. The average Bonchev–Trinajstić information content (AvgIpc) is 3.19. The Kier molecular flexibility index (Phi) is 4.93. The van der Waals surface area contributed by atoms with Gasteiger partial charge in [0.25, 0.3) is 0 Å². The zero-order chi connectivity index (χ0) is 12.1. The highest BCUT2D eigenvalue weighted by molar-refractivity contribution is 7.98. The highest BCUT2D eigenvalue weighted by atomic mass is 32.2. The molecular formula is C15H23NS. The van der Waals surface area contributed by atoms with Crippen LogP contribution < -0.4 is 5.32 Å². The van der Waals surface area contributed by atoms with Gasteiger partial charge in [0, 0.05) is 18.3 Å². The van der Waals surface area contributed by atoms with Crippen LogP contribution >= 0.6 is 11.8 Å². The second-order valence-electron chi connectivity index (χ2n) is 4.96. The van der Waals surface area contributed by atoms with E-state index in [2.05, 4.69) is 42.8 Å². The van der Waals surface area contributed by atoms with Crippen LogP contribution in [0, 0.1) is 0 Å². The predicted molar refractivity (Wildman–Crippen MR) is 77.7 cm³/mol. The lowest BCUT2D eigenvalue weighted by Gasteiger charge is -2.15. The molecule has 1 N–H and O–H groups in total. The molecule has 1 aromatic rings. The quantitative estimate of drug-likeness (QED) is 0.789. The summed E-state index contributed by atoms with van der Waals surface area (Å²) >= 11 is 1.92.